The van der Waals surface area contributed by atoms with Gasteiger partial charge in [-0.05, 0) is 6.42 Å². The van der Waals surface area contributed by atoms with Gasteiger partial charge in [-0.2, -0.15) is 13.2 Å². The van der Waals surface area contributed by atoms with Crippen molar-refractivity contribution in [2.45, 2.75) is 18.6 Å². The molecule has 3 nitrogen and oxygen atoms in total. The summed E-state index contributed by atoms with van der Waals surface area (Å²) in [6.07, 6.45) is -3.93. The molecule has 1 aliphatic heterocycles. The second-order valence-electron chi connectivity index (χ2n) is 3.29. The molecule has 13 heavy (non-hydrogen) atoms. The normalized spacial score (nSPS) is 30.3. The van der Waals surface area contributed by atoms with Gasteiger partial charge in [0.2, 0.25) is 6.41 Å². The van der Waals surface area contributed by atoms with E-state index in [0.717, 1.165) is 4.90 Å². The van der Waals surface area contributed by atoms with E-state index in [9.17, 15) is 18.0 Å². The topological polar surface area (TPSA) is 46.3 Å². The van der Waals surface area contributed by atoms with Crippen molar-refractivity contribution in [2.75, 3.05) is 13.1 Å². The molecule has 6 heteroatoms. The minimum atomic E-state index is -4.25. The van der Waals surface area contributed by atoms with Crippen LogP contribution in [0.4, 0.5) is 13.2 Å². The molecule has 1 aliphatic rings. The van der Waals surface area contributed by atoms with Crippen molar-refractivity contribution in [3.8, 4) is 0 Å². The van der Waals surface area contributed by atoms with E-state index >= 15 is 0 Å². The largest absolute Gasteiger partial charge is 0.393 e. The van der Waals surface area contributed by atoms with Crippen LogP contribution in [0.15, 0.2) is 0 Å². The van der Waals surface area contributed by atoms with Crippen LogP contribution in [0.1, 0.15) is 6.42 Å². The van der Waals surface area contributed by atoms with Crippen LogP contribution in [-0.4, -0.2) is 36.6 Å². The molecule has 0 bridgehead atoms. The van der Waals surface area contributed by atoms with Gasteiger partial charge in [-0.15, -0.1) is 0 Å². The maximum Gasteiger partial charge on any atom is 0.393 e. The number of carbonyl (C=O) groups excluding carboxylic acids is 1. The first-order chi connectivity index (χ1) is 5.93. The Kier molecular flexibility index (Phi) is 2.80. The van der Waals surface area contributed by atoms with Crippen molar-refractivity contribution >= 4 is 6.41 Å². The Morgan fingerprint density at radius 2 is 2.00 bits per heavy atom. The molecular formula is C7H11F3N2O. The zero-order valence-corrected chi connectivity index (χ0v) is 6.92. The quantitative estimate of drug-likeness (QED) is 0.615. The van der Waals surface area contributed by atoms with Crippen molar-refractivity contribution < 1.29 is 18.0 Å². The third kappa shape index (κ3) is 2.58. The minimum absolute atomic E-state index is 0.0894. The zero-order chi connectivity index (χ0) is 10.1. The molecule has 1 fully saturated rings. The zero-order valence-electron chi connectivity index (χ0n) is 6.92. The minimum Gasteiger partial charge on any atom is -0.343 e. The van der Waals surface area contributed by atoms with Crippen LogP contribution < -0.4 is 5.73 Å². The molecule has 0 aromatic carbocycles. The van der Waals surface area contributed by atoms with E-state index in [1.54, 1.807) is 0 Å². The van der Waals surface area contributed by atoms with Gasteiger partial charge < -0.3 is 10.6 Å². The van der Waals surface area contributed by atoms with E-state index in [-0.39, 0.29) is 19.5 Å². The van der Waals surface area contributed by atoms with E-state index in [1.165, 1.54) is 0 Å². The van der Waals surface area contributed by atoms with Crippen LogP contribution in [0.2, 0.25) is 0 Å². The van der Waals surface area contributed by atoms with Gasteiger partial charge in [0.1, 0.15) is 0 Å². The molecule has 0 spiro atoms. The van der Waals surface area contributed by atoms with Crippen LogP contribution in [-0.2, 0) is 4.79 Å². The van der Waals surface area contributed by atoms with Gasteiger partial charge in [0.05, 0.1) is 5.92 Å². The first-order valence-electron chi connectivity index (χ1n) is 3.95. The lowest BCUT2D eigenvalue weighted by molar-refractivity contribution is -0.187. The molecular weight excluding hydrogens is 185 g/mol. The average molecular weight is 196 g/mol. The number of nitrogens with two attached hydrogens (primary N) is 1. The van der Waals surface area contributed by atoms with Crippen LogP contribution in [0.3, 0.4) is 0 Å². The third-order valence-electron chi connectivity index (χ3n) is 2.12. The van der Waals surface area contributed by atoms with Gasteiger partial charge in [-0.25, -0.2) is 0 Å². The summed E-state index contributed by atoms with van der Waals surface area (Å²) >= 11 is 0. The Hall–Kier alpha value is -0.780. The van der Waals surface area contributed by atoms with E-state index in [1.807, 2.05) is 0 Å². The lowest BCUT2D eigenvalue weighted by atomic mass is 9.95. The van der Waals surface area contributed by atoms with Gasteiger partial charge in [0.15, 0.2) is 0 Å². The van der Waals surface area contributed by atoms with Gasteiger partial charge in [-0.3, -0.25) is 4.79 Å². The van der Waals surface area contributed by atoms with Crippen LogP contribution in [0.25, 0.3) is 0 Å². The molecule has 0 aromatic rings. The number of alkyl halides is 3. The number of carbonyl (C=O) groups is 1. The Morgan fingerprint density at radius 1 is 1.38 bits per heavy atom. The van der Waals surface area contributed by atoms with Crippen LogP contribution >= 0.6 is 0 Å². The molecule has 1 heterocycles. The number of likely N-dealkylation sites (tertiary alicyclic amines) is 1. The van der Waals surface area contributed by atoms with Gasteiger partial charge in [-0.1, -0.05) is 0 Å². The molecule has 2 unspecified atom stereocenters. The predicted molar refractivity (Wildman–Crippen MR) is 39.8 cm³/mol. The maximum atomic E-state index is 12.2. The smallest absolute Gasteiger partial charge is 0.343 e. The predicted octanol–water partition coefficient (Wildman–Crippen LogP) is 0.354. The molecule has 2 N–H and O–H groups in total. The van der Waals surface area contributed by atoms with Crippen molar-refractivity contribution in [2.24, 2.45) is 11.7 Å². The van der Waals surface area contributed by atoms with Crippen LogP contribution in [0, 0.1) is 5.92 Å². The van der Waals surface area contributed by atoms with Crippen molar-refractivity contribution in [3.63, 3.8) is 0 Å². The number of hydrogen-bond donors (Lipinski definition) is 1. The second-order valence-corrected chi connectivity index (χ2v) is 3.29. The van der Waals surface area contributed by atoms with E-state index in [4.69, 9.17) is 5.73 Å². The van der Waals surface area contributed by atoms with Crippen molar-refractivity contribution in [1.82, 2.24) is 4.90 Å². The summed E-state index contributed by atoms with van der Waals surface area (Å²) in [6.45, 7) is -0.0449. The summed E-state index contributed by atoms with van der Waals surface area (Å²) in [5.41, 5.74) is 5.39. The van der Waals surface area contributed by atoms with Gasteiger partial charge in [0.25, 0.3) is 0 Å². The second kappa shape index (κ2) is 3.53. The van der Waals surface area contributed by atoms with Gasteiger partial charge >= 0.3 is 6.18 Å². The van der Waals surface area contributed by atoms with E-state index in [2.05, 4.69) is 0 Å². The lowest BCUT2D eigenvalue weighted by Crippen LogP contribution is -2.50. The summed E-state index contributed by atoms with van der Waals surface area (Å²) in [5, 5.41) is 0. The Bertz CT molecular complexity index is 195. The Labute approximate surface area is 73.7 Å². The fourth-order valence-electron chi connectivity index (χ4n) is 1.50. The van der Waals surface area contributed by atoms with E-state index in [0.29, 0.717) is 6.41 Å². The monoisotopic (exact) mass is 196 g/mol. The summed E-state index contributed by atoms with van der Waals surface area (Å²) in [6, 6.07) is -0.564. The summed E-state index contributed by atoms with van der Waals surface area (Å²) in [4.78, 5) is 11.4. The van der Waals surface area contributed by atoms with Crippen molar-refractivity contribution in [3.05, 3.63) is 0 Å². The molecule has 76 valence electrons. The average Bonchev–Trinajstić information content (AvgIpc) is 2.01. The Balaban J connectivity index is 2.62. The third-order valence-corrected chi connectivity index (χ3v) is 2.12. The molecule has 1 amide bonds. The number of amides is 1. The molecule has 0 aliphatic carbocycles. The lowest BCUT2D eigenvalue weighted by Gasteiger charge is -2.34. The highest BCUT2D eigenvalue weighted by atomic mass is 19.4. The summed E-state index contributed by atoms with van der Waals surface area (Å²) in [5.74, 6) is -1.47. The highest BCUT2D eigenvalue weighted by molar-refractivity contribution is 5.47. The summed E-state index contributed by atoms with van der Waals surface area (Å²) in [7, 11) is 0. The highest BCUT2D eigenvalue weighted by Gasteiger charge is 2.43. The Morgan fingerprint density at radius 3 is 2.46 bits per heavy atom. The first-order valence-corrected chi connectivity index (χ1v) is 3.95. The highest BCUT2D eigenvalue weighted by Crippen LogP contribution is 2.32. The van der Waals surface area contributed by atoms with Crippen LogP contribution in [0.5, 0.6) is 0 Å². The number of halogens is 3. The number of rotatable bonds is 1. The van der Waals surface area contributed by atoms with Gasteiger partial charge in [0, 0.05) is 19.1 Å². The maximum absolute atomic E-state index is 12.2. The first kappa shape index (κ1) is 10.3. The van der Waals surface area contributed by atoms with E-state index < -0.39 is 18.1 Å². The molecule has 0 radical (unpaired) electrons. The molecule has 1 rings (SSSR count). The fraction of sp³-hybridized carbons (Fsp3) is 0.857. The number of hydrogen-bond acceptors (Lipinski definition) is 2. The molecule has 0 saturated carbocycles. The fourth-order valence-corrected chi connectivity index (χ4v) is 1.50. The molecule has 0 aromatic heterocycles. The summed E-state index contributed by atoms with van der Waals surface area (Å²) < 4.78 is 36.7. The number of piperidine rings is 1. The molecule has 1 saturated heterocycles. The SMILES string of the molecule is NC1CC(C(F)(F)F)CN(C=O)C1. The molecule has 2 atom stereocenters. The number of nitrogens with zero attached hydrogens (tertiary/aromatic N) is 1. The van der Waals surface area contributed by atoms with Crippen molar-refractivity contribution in [1.29, 1.82) is 0 Å². The standard InChI is InChI=1S/C7H11F3N2O/c8-7(9,10)5-1-6(11)3-12(2-5)4-13/h4-6H,1-3,11H2.